The molecule has 0 aliphatic carbocycles. The van der Waals surface area contributed by atoms with Gasteiger partial charge in [-0.05, 0) is 18.6 Å². The van der Waals surface area contributed by atoms with Crippen molar-refractivity contribution in [3.63, 3.8) is 0 Å². The van der Waals surface area contributed by atoms with Crippen molar-refractivity contribution in [2.24, 2.45) is 5.84 Å². The van der Waals surface area contributed by atoms with E-state index in [-0.39, 0.29) is 11.9 Å². The summed E-state index contributed by atoms with van der Waals surface area (Å²) >= 11 is 0. The van der Waals surface area contributed by atoms with Gasteiger partial charge in [0.2, 0.25) is 0 Å². The molecule has 1 saturated heterocycles. The number of rotatable bonds is 3. The number of nitrogens with one attached hydrogen (secondary N) is 1. The predicted molar refractivity (Wildman–Crippen MR) is 68.0 cm³/mol. The van der Waals surface area contributed by atoms with Gasteiger partial charge >= 0.3 is 0 Å². The maximum absolute atomic E-state index is 12.4. The summed E-state index contributed by atoms with van der Waals surface area (Å²) in [6, 6.07) is 3.50. The number of anilines is 1. The number of carbonyl (C=O) groups excluding carboxylic acids is 1. The van der Waals surface area contributed by atoms with Crippen molar-refractivity contribution in [2.45, 2.75) is 19.4 Å². The zero-order valence-corrected chi connectivity index (χ0v) is 10.4. The largest absolute Gasteiger partial charge is 0.377 e. The van der Waals surface area contributed by atoms with Crippen molar-refractivity contribution in [3.8, 4) is 0 Å². The van der Waals surface area contributed by atoms with E-state index < -0.39 is 0 Å². The highest BCUT2D eigenvalue weighted by Crippen LogP contribution is 2.15. The Hall–Kier alpha value is -1.66. The molecule has 1 aromatic rings. The first-order chi connectivity index (χ1) is 8.76. The highest BCUT2D eigenvalue weighted by atomic mass is 16.5. The lowest BCUT2D eigenvalue weighted by Crippen LogP contribution is -2.48. The molecule has 1 aromatic heterocycles. The minimum Gasteiger partial charge on any atom is -0.377 e. The van der Waals surface area contributed by atoms with Crippen LogP contribution in [-0.2, 0) is 4.74 Å². The van der Waals surface area contributed by atoms with Gasteiger partial charge in [-0.3, -0.25) is 15.6 Å². The van der Waals surface area contributed by atoms with Gasteiger partial charge in [-0.1, -0.05) is 6.92 Å². The van der Waals surface area contributed by atoms with Crippen molar-refractivity contribution in [3.05, 3.63) is 24.0 Å². The molecule has 6 nitrogen and oxygen atoms in total. The summed E-state index contributed by atoms with van der Waals surface area (Å²) in [5.74, 6) is 5.26. The molecule has 6 heteroatoms. The molecule has 0 radical (unpaired) electrons. The lowest BCUT2D eigenvalue weighted by Gasteiger charge is -2.34. The van der Waals surface area contributed by atoms with E-state index in [1.807, 2.05) is 11.8 Å². The van der Waals surface area contributed by atoms with Crippen LogP contribution in [0.25, 0.3) is 0 Å². The zero-order valence-electron chi connectivity index (χ0n) is 10.4. The Morgan fingerprint density at radius 1 is 1.72 bits per heavy atom. The predicted octanol–water partition coefficient (Wildman–Crippen LogP) is 0.618. The van der Waals surface area contributed by atoms with Gasteiger partial charge in [0.25, 0.3) is 5.91 Å². The molecule has 0 aromatic carbocycles. The second kappa shape index (κ2) is 5.79. The highest BCUT2D eigenvalue weighted by Gasteiger charge is 2.27. The fourth-order valence-electron chi connectivity index (χ4n) is 2.04. The summed E-state index contributed by atoms with van der Waals surface area (Å²) in [6.45, 7) is 3.83. The van der Waals surface area contributed by atoms with E-state index in [1.165, 1.54) is 0 Å². The van der Waals surface area contributed by atoms with Crippen LogP contribution in [-0.4, -0.2) is 41.6 Å². The molecule has 1 unspecified atom stereocenters. The molecule has 0 bridgehead atoms. The Labute approximate surface area is 106 Å². The van der Waals surface area contributed by atoms with Gasteiger partial charge in [0.05, 0.1) is 24.9 Å². The number of morpholine rings is 1. The topological polar surface area (TPSA) is 80.5 Å². The summed E-state index contributed by atoms with van der Waals surface area (Å²) in [6.07, 6.45) is 2.45. The van der Waals surface area contributed by atoms with Gasteiger partial charge < -0.3 is 15.1 Å². The first kappa shape index (κ1) is 12.8. The van der Waals surface area contributed by atoms with E-state index >= 15 is 0 Å². The molecule has 1 amide bonds. The van der Waals surface area contributed by atoms with Gasteiger partial charge in [0.15, 0.2) is 0 Å². The Bertz CT molecular complexity index is 424. The van der Waals surface area contributed by atoms with Crippen LogP contribution in [0, 0.1) is 0 Å². The van der Waals surface area contributed by atoms with Crippen molar-refractivity contribution in [1.29, 1.82) is 0 Å². The molecule has 18 heavy (non-hydrogen) atoms. The number of hydrazine groups is 1. The second-order valence-corrected chi connectivity index (χ2v) is 4.21. The molecule has 1 atom stereocenters. The number of nitrogen functional groups attached to an aromatic ring is 1. The zero-order chi connectivity index (χ0) is 13.0. The number of hydrogen-bond acceptors (Lipinski definition) is 5. The molecular formula is C12H18N4O2. The van der Waals surface area contributed by atoms with Gasteiger partial charge in [-0.15, -0.1) is 0 Å². The molecule has 0 spiro atoms. The standard InChI is InChI=1S/C12H18N4O2/c1-2-10-8-18-6-5-16(10)12(17)11-7-9(15-13)3-4-14-11/h3-4,7,10H,2,5-6,8,13H2,1H3,(H,14,15). The third-order valence-corrected chi connectivity index (χ3v) is 3.11. The Morgan fingerprint density at radius 3 is 3.28 bits per heavy atom. The van der Waals surface area contributed by atoms with E-state index in [0.29, 0.717) is 31.1 Å². The Balaban J connectivity index is 2.18. The number of ether oxygens (including phenoxy) is 1. The molecule has 1 fully saturated rings. The molecule has 2 rings (SSSR count). The van der Waals surface area contributed by atoms with Crippen LogP contribution in [0.2, 0.25) is 0 Å². The average molecular weight is 250 g/mol. The summed E-state index contributed by atoms with van der Waals surface area (Å²) in [4.78, 5) is 18.3. The monoisotopic (exact) mass is 250 g/mol. The fourth-order valence-corrected chi connectivity index (χ4v) is 2.04. The van der Waals surface area contributed by atoms with E-state index in [2.05, 4.69) is 10.4 Å². The van der Waals surface area contributed by atoms with Crippen molar-refractivity contribution < 1.29 is 9.53 Å². The highest BCUT2D eigenvalue weighted by molar-refractivity contribution is 5.93. The Morgan fingerprint density at radius 2 is 2.56 bits per heavy atom. The van der Waals surface area contributed by atoms with Crippen LogP contribution in [0.3, 0.4) is 0 Å². The summed E-state index contributed by atoms with van der Waals surface area (Å²) in [7, 11) is 0. The van der Waals surface area contributed by atoms with Gasteiger partial charge in [-0.2, -0.15) is 0 Å². The third-order valence-electron chi connectivity index (χ3n) is 3.11. The number of carbonyl (C=O) groups is 1. The smallest absolute Gasteiger partial charge is 0.272 e. The SMILES string of the molecule is CCC1COCCN1C(=O)c1cc(NN)ccn1. The maximum Gasteiger partial charge on any atom is 0.272 e. The molecule has 98 valence electrons. The van der Waals surface area contributed by atoms with Crippen LogP contribution >= 0.6 is 0 Å². The fraction of sp³-hybridized carbons (Fsp3) is 0.500. The van der Waals surface area contributed by atoms with Crippen LogP contribution in [0.1, 0.15) is 23.8 Å². The summed E-state index contributed by atoms with van der Waals surface area (Å²) < 4.78 is 5.39. The molecular weight excluding hydrogens is 232 g/mol. The quantitative estimate of drug-likeness (QED) is 0.607. The van der Waals surface area contributed by atoms with Crippen molar-refractivity contribution in [1.82, 2.24) is 9.88 Å². The number of nitrogens with zero attached hydrogens (tertiary/aromatic N) is 2. The van der Waals surface area contributed by atoms with Crippen LogP contribution in [0.4, 0.5) is 5.69 Å². The lowest BCUT2D eigenvalue weighted by molar-refractivity contribution is -0.00310. The first-order valence-electron chi connectivity index (χ1n) is 6.07. The van der Waals surface area contributed by atoms with E-state index in [4.69, 9.17) is 10.6 Å². The number of pyridine rings is 1. The number of aromatic nitrogens is 1. The minimum atomic E-state index is -0.0674. The number of nitrogens with two attached hydrogens (primary N) is 1. The summed E-state index contributed by atoms with van der Waals surface area (Å²) in [5, 5.41) is 0. The van der Waals surface area contributed by atoms with Gasteiger partial charge in [-0.25, -0.2) is 0 Å². The summed E-state index contributed by atoms with van der Waals surface area (Å²) in [5.41, 5.74) is 3.60. The second-order valence-electron chi connectivity index (χ2n) is 4.21. The molecule has 1 aliphatic rings. The Kier molecular flexibility index (Phi) is 4.11. The average Bonchev–Trinajstić information content (AvgIpc) is 2.46. The van der Waals surface area contributed by atoms with Crippen molar-refractivity contribution >= 4 is 11.6 Å². The first-order valence-corrected chi connectivity index (χ1v) is 6.07. The normalized spacial score (nSPS) is 19.7. The van der Waals surface area contributed by atoms with Crippen LogP contribution < -0.4 is 11.3 Å². The molecule has 1 aliphatic heterocycles. The maximum atomic E-state index is 12.4. The number of amides is 1. The van der Waals surface area contributed by atoms with Crippen molar-refractivity contribution in [2.75, 3.05) is 25.2 Å². The van der Waals surface area contributed by atoms with E-state index in [1.54, 1.807) is 18.3 Å². The van der Waals surface area contributed by atoms with Crippen LogP contribution in [0.15, 0.2) is 18.3 Å². The molecule has 0 saturated carbocycles. The van der Waals surface area contributed by atoms with E-state index in [0.717, 1.165) is 6.42 Å². The number of hydrogen-bond donors (Lipinski definition) is 2. The molecule has 3 N–H and O–H groups in total. The van der Waals surface area contributed by atoms with Crippen LogP contribution in [0.5, 0.6) is 0 Å². The molecule has 2 heterocycles. The minimum absolute atomic E-state index is 0.0674. The third kappa shape index (κ3) is 2.60. The van der Waals surface area contributed by atoms with Gasteiger partial charge in [0.1, 0.15) is 5.69 Å². The van der Waals surface area contributed by atoms with E-state index in [9.17, 15) is 4.79 Å². The van der Waals surface area contributed by atoms with Gasteiger partial charge in [0, 0.05) is 12.7 Å². The lowest BCUT2D eigenvalue weighted by atomic mass is 10.1.